The van der Waals surface area contributed by atoms with Gasteiger partial charge in [-0.2, -0.15) is 5.26 Å². The topological polar surface area (TPSA) is 106 Å². The quantitative estimate of drug-likeness (QED) is 0.347. The van der Waals surface area contributed by atoms with Crippen molar-refractivity contribution in [3.63, 3.8) is 0 Å². The van der Waals surface area contributed by atoms with Crippen LogP contribution in [0.5, 0.6) is 11.6 Å². The Bertz CT molecular complexity index is 1520. The molecular formula is C28H20N6O2. The highest BCUT2D eigenvalue weighted by atomic mass is 16.5. The molecule has 1 N–H and O–H groups in total. The van der Waals surface area contributed by atoms with Crippen LogP contribution in [0.4, 0.5) is 5.69 Å². The van der Waals surface area contributed by atoms with E-state index in [1.807, 2.05) is 67.6 Å². The van der Waals surface area contributed by atoms with Crippen LogP contribution in [-0.4, -0.2) is 25.7 Å². The number of nitriles is 1. The lowest BCUT2D eigenvalue weighted by Crippen LogP contribution is -2.15. The summed E-state index contributed by atoms with van der Waals surface area (Å²) >= 11 is 0. The van der Waals surface area contributed by atoms with Crippen LogP contribution < -0.4 is 10.1 Å². The summed E-state index contributed by atoms with van der Waals surface area (Å²) in [6.45, 7) is 1.84. The summed E-state index contributed by atoms with van der Waals surface area (Å²) in [5.74, 6) is 0.898. The van der Waals surface area contributed by atoms with Crippen molar-refractivity contribution in [3.8, 4) is 34.8 Å². The molecule has 8 heteroatoms. The Morgan fingerprint density at radius 3 is 2.44 bits per heavy atom. The number of nitrogens with zero attached hydrogens (tertiary/aromatic N) is 5. The molecule has 0 fully saturated rings. The lowest BCUT2D eigenvalue weighted by Gasteiger charge is -2.10. The van der Waals surface area contributed by atoms with E-state index in [9.17, 15) is 10.1 Å². The molecule has 5 rings (SSSR count). The first-order chi connectivity index (χ1) is 17.6. The van der Waals surface area contributed by atoms with Gasteiger partial charge in [-0.15, -0.1) is 5.10 Å². The molecule has 2 heterocycles. The first-order valence-electron chi connectivity index (χ1n) is 11.2. The Morgan fingerprint density at radius 2 is 1.72 bits per heavy atom. The third kappa shape index (κ3) is 4.67. The maximum Gasteiger partial charge on any atom is 0.295 e. The number of carbonyl (C=O) groups excluding carboxylic acids is 1. The predicted molar refractivity (Wildman–Crippen MR) is 135 cm³/mol. The van der Waals surface area contributed by atoms with Gasteiger partial charge in [-0.25, -0.2) is 14.6 Å². The Hall–Kier alpha value is -5.29. The standard InChI is InChI=1S/C28H20N6O2/c1-19-17-23(36-28-21(18-29)11-8-16-30-28)14-15-24(19)31-27(35)25-32-26(20-9-4-2-5-10-20)34(33-25)22-12-6-3-7-13-22/h2-17H,1H3,(H,31,35). The molecule has 2 aromatic heterocycles. The van der Waals surface area contributed by atoms with E-state index in [1.54, 1.807) is 41.2 Å². The molecule has 0 saturated heterocycles. The fraction of sp³-hybridized carbons (Fsp3) is 0.0357. The average Bonchev–Trinajstić information content (AvgIpc) is 3.37. The number of aryl methyl sites for hydroxylation is 1. The smallest absolute Gasteiger partial charge is 0.295 e. The number of hydrogen-bond donors (Lipinski definition) is 1. The number of ether oxygens (including phenoxy) is 1. The number of hydrogen-bond acceptors (Lipinski definition) is 6. The third-order valence-electron chi connectivity index (χ3n) is 5.40. The molecular weight excluding hydrogens is 452 g/mol. The lowest BCUT2D eigenvalue weighted by molar-refractivity contribution is 0.101. The molecule has 0 unspecified atom stereocenters. The van der Waals surface area contributed by atoms with E-state index in [1.165, 1.54) is 0 Å². The minimum Gasteiger partial charge on any atom is -0.438 e. The molecule has 0 atom stereocenters. The Balaban J connectivity index is 1.41. The van der Waals surface area contributed by atoms with E-state index < -0.39 is 5.91 Å². The first kappa shape index (κ1) is 22.5. The van der Waals surface area contributed by atoms with Gasteiger partial charge in [0.05, 0.1) is 5.69 Å². The van der Waals surface area contributed by atoms with Gasteiger partial charge in [0.2, 0.25) is 11.7 Å². The molecule has 36 heavy (non-hydrogen) atoms. The van der Waals surface area contributed by atoms with Crippen molar-refractivity contribution in [2.45, 2.75) is 6.92 Å². The fourth-order valence-corrected chi connectivity index (χ4v) is 3.62. The summed E-state index contributed by atoms with van der Waals surface area (Å²) in [5, 5.41) is 16.6. The Labute approximate surface area is 207 Å². The minimum atomic E-state index is -0.435. The molecule has 0 radical (unpaired) electrons. The number of para-hydroxylation sites is 1. The van der Waals surface area contributed by atoms with Gasteiger partial charge < -0.3 is 10.1 Å². The van der Waals surface area contributed by atoms with Crippen molar-refractivity contribution >= 4 is 11.6 Å². The molecule has 0 aliphatic rings. The highest BCUT2D eigenvalue weighted by Crippen LogP contribution is 2.27. The van der Waals surface area contributed by atoms with Crippen molar-refractivity contribution < 1.29 is 9.53 Å². The van der Waals surface area contributed by atoms with Crippen molar-refractivity contribution in [3.05, 3.63) is 114 Å². The largest absolute Gasteiger partial charge is 0.438 e. The normalized spacial score (nSPS) is 10.4. The van der Waals surface area contributed by atoms with E-state index in [0.29, 0.717) is 22.8 Å². The van der Waals surface area contributed by atoms with Gasteiger partial charge in [-0.3, -0.25) is 4.79 Å². The van der Waals surface area contributed by atoms with Crippen LogP contribution in [0.15, 0.2) is 97.2 Å². The van der Waals surface area contributed by atoms with Gasteiger partial charge >= 0.3 is 0 Å². The van der Waals surface area contributed by atoms with E-state index in [-0.39, 0.29) is 11.7 Å². The second-order valence-electron chi connectivity index (χ2n) is 7.87. The van der Waals surface area contributed by atoms with E-state index >= 15 is 0 Å². The molecule has 174 valence electrons. The van der Waals surface area contributed by atoms with Gasteiger partial charge in [0, 0.05) is 17.4 Å². The number of benzene rings is 3. The fourth-order valence-electron chi connectivity index (χ4n) is 3.62. The molecule has 0 spiro atoms. The molecule has 0 aliphatic heterocycles. The number of anilines is 1. The SMILES string of the molecule is Cc1cc(Oc2ncccc2C#N)ccc1NC(=O)c1nc(-c2ccccc2)n(-c2ccccc2)n1. The average molecular weight is 473 g/mol. The number of pyridine rings is 1. The van der Waals surface area contributed by atoms with Crippen LogP contribution in [0.1, 0.15) is 21.7 Å². The predicted octanol–water partition coefficient (Wildman–Crippen LogP) is 5.55. The zero-order valence-electron chi connectivity index (χ0n) is 19.3. The van der Waals surface area contributed by atoms with Crippen molar-refractivity contribution in [1.82, 2.24) is 19.7 Å². The van der Waals surface area contributed by atoms with Gasteiger partial charge in [0.25, 0.3) is 5.91 Å². The van der Waals surface area contributed by atoms with E-state index in [0.717, 1.165) is 16.8 Å². The molecule has 8 nitrogen and oxygen atoms in total. The highest BCUT2D eigenvalue weighted by molar-refractivity contribution is 6.02. The van der Waals surface area contributed by atoms with Crippen LogP contribution in [0, 0.1) is 18.3 Å². The Morgan fingerprint density at radius 1 is 0.972 bits per heavy atom. The van der Waals surface area contributed by atoms with Gasteiger partial charge in [-0.05, 0) is 55.0 Å². The van der Waals surface area contributed by atoms with Crippen LogP contribution in [-0.2, 0) is 0 Å². The molecule has 0 saturated carbocycles. The maximum atomic E-state index is 13.1. The van der Waals surface area contributed by atoms with Gasteiger partial charge in [0.1, 0.15) is 17.4 Å². The number of amides is 1. The monoisotopic (exact) mass is 472 g/mol. The summed E-state index contributed by atoms with van der Waals surface area (Å²) < 4.78 is 7.43. The summed E-state index contributed by atoms with van der Waals surface area (Å²) in [6, 6.07) is 29.7. The highest BCUT2D eigenvalue weighted by Gasteiger charge is 2.19. The van der Waals surface area contributed by atoms with Crippen LogP contribution >= 0.6 is 0 Å². The maximum absolute atomic E-state index is 13.1. The first-order valence-corrected chi connectivity index (χ1v) is 11.2. The summed E-state index contributed by atoms with van der Waals surface area (Å²) in [7, 11) is 0. The van der Waals surface area contributed by atoms with Crippen LogP contribution in [0.25, 0.3) is 17.1 Å². The second-order valence-corrected chi connectivity index (χ2v) is 7.87. The summed E-state index contributed by atoms with van der Waals surface area (Å²) in [6.07, 6.45) is 1.56. The zero-order valence-corrected chi connectivity index (χ0v) is 19.3. The zero-order chi connectivity index (χ0) is 24.9. The van der Waals surface area contributed by atoms with Gasteiger partial charge in [-0.1, -0.05) is 48.5 Å². The minimum absolute atomic E-state index is 0.0459. The Kier molecular flexibility index (Phi) is 6.19. The number of carbonyl (C=O) groups is 1. The van der Waals surface area contributed by atoms with Crippen molar-refractivity contribution in [2.75, 3.05) is 5.32 Å². The van der Waals surface area contributed by atoms with Crippen LogP contribution in [0.2, 0.25) is 0 Å². The van der Waals surface area contributed by atoms with Crippen molar-refractivity contribution in [1.29, 1.82) is 5.26 Å². The number of nitrogens with one attached hydrogen (secondary N) is 1. The molecule has 5 aromatic rings. The van der Waals surface area contributed by atoms with Crippen LogP contribution in [0.3, 0.4) is 0 Å². The van der Waals surface area contributed by atoms with E-state index in [2.05, 4.69) is 26.5 Å². The molecule has 0 aliphatic carbocycles. The van der Waals surface area contributed by atoms with E-state index in [4.69, 9.17) is 4.74 Å². The molecule has 0 bridgehead atoms. The lowest BCUT2D eigenvalue weighted by atomic mass is 10.2. The number of aromatic nitrogens is 4. The summed E-state index contributed by atoms with van der Waals surface area (Å²) in [5.41, 5.74) is 3.33. The second kappa shape index (κ2) is 9.91. The number of rotatable bonds is 6. The third-order valence-corrected chi connectivity index (χ3v) is 5.40. The van der Waals surface area contributed by atoms with Gasteiger partial charge in [0.15, 0.2) is 5.82 Å². The molecule has 3 aromatic carbocycles. The molecule has 1 amide bonds. The van der Waals surface area contributed by atoms with Crippen molar-refractivity contribution in [2.24, 2.45) is 0 Å². The summed E-state index contributed by atoms with van der Waals surface area (Å²) in [4.78, 5) is 21.8.